The Hall–Kier alpha value is -3.54. The molecule has 2 unspecified atom stereocenters. The second-order valence-electron chi connectivity index (χ2n) is 13.5. The molecule has 0 spiro atoms. The van der Waals surface area contributed by atoms with Crippen LogP contribution in [0.2, 0.25) is 0 Å². The van der Waals surface area contributed by atoms with Gasteiger partial charge in [-0.05, 0) is 136 Å². The number of oxazole rings is 2. The van der Waals surface area contributed by atoms with E-state index in [9.17, 15) is 9.59 Å². The van der Waals surface area contributed by atoms with Crippen molar-refractivity contribution in [2.45, 2.75) is 71.4 Å². The number of hydrogen-bond donors (Lipinski definition) is 0. The molecule has 2 saturated heterocycles. The minimum Gasteiger partial charge on any atom is -0.442 e. The van der Waals surface area contributed by atoms with Crippen molar-refractivity contribution in [3.63, 3.8) is 0 Å². The van der Waals surface area contributed by atoms with Gasteiger partial charge in [0.05, 0.1) is 18.1 Å². The van der Waals surface area contributed by atoms with Gasteiger partial charge in [-0.2, -0.15) is 0 Å². The summed E-state index contributed by atoms with van der Waals surface area (Å²) in [6.45, 7) is 7.56. The Bertz CT molecular complexity index is 1600. The molecule has 2 fully saturated rings. The van der Waals surface area contributed by atoms with E-state index in [2.05, 4.69) is 63.9 Å². The average Bonchev–Trinajstić information content (AvgIpc) is 3.83. The number of aryl methyl sites for hydroxylation is 1. The monoisotopic (exact) mass is 716 g/mol. The summed E-state index contributed by atoms with van der Waals surface area (Å²) in [6.07, 6.45) is 16.6. The van der Waals surface area contributed by atoms with Gasteiger partial charge >= 0.3 is 0 Å². The number of piperidine rings is 2. The molecule has 0 amide bonds. The number of hydrogen-bond acceptors (Lipinski definition) is 10. The van der Waals surface area contributed by atoms with Crippen LogP contribution in [0.25, 0.3) is 0 Å². The van der Waals surface area contributed by atoms with Crippen LogP contribution in [0.5, 0.6) is 0 Å². The highest BCUT2D eigenvalue weighted by molar-refractivity contribution is 9.10. The minimum absolute atomic E-state index is 0.0610. The molecule has 0 radical (unpaired) electrons. The van der Waals surface area contributed by atoms with Crippen LogP contribution in [0, 0.1) is 30.6 Å². The second kappa shape index (κ2) is 16.7. The highest BCUT2D eigenvalue weighted by Gasteiger charge is 2.36. The zero-order valence-corrected chi connectivity index (χ0v) is 29.3. The van der Waals surface area contributed by atoms with Gasteiger partial charge in [-0.1, -0.05) is 6.07 Å². The SMILES string of the molecule is Cc1cccc(CN2CCC(C(CCC(CCC3CCN(Cc4cncc(Br)c4)CC3)C(=O)c3ncco3)C(=O)c3ncco3)CC2)n1. The predicted octanol–water partition coefficient (Wildman–Crippen LogP) is 7.21. The van der Waals surface area contributed by atoms with Crippen LogP contribution < -0.4 is 0 Å². The topological polar surface area (TPSA) is 118 Å². The molecule has 48 heavy (non-hydrogen) atoms. The molecule has 0 bridgehead atoms. The molecule has 0 aromatic carbocycles. The lowest BCUT2D eigenvalue weighted by Crippen LogP contribution is -2.38. The molecule has 10 nitrogen and oxygen atoms in total. The first-order valence-electron chi connectivity index (χ1n) is 17.3. The van der Waals surface area contributed by atoms with Crippen LogP contribution in [0.1, 0.15) is 89.7 Å². The number of carbonyl (C=O) groups is 2. The molecule has 6 rings (SSSR count). The summed E-state index contributed by atoms with van der Waals surface area (Å²) >= 11 is 3.52. The van der Waals surface area contributed by atoms with Gasteiger partial charge < -0.3 is 8.83 Å². The fourth-order valence-corrected chi connectivity index (χ4v) is 7.90. The number of aromatic nitrogens is 4. The first-order chi connectivity index (χ1) is 23.4. The molecule has 254 valence electrons. The third-order valence-electron chi connectivity index (χ3n) is 10.2. The lowest BCUT2D eigenvalue weighted by Gasteiger charge is -2.35. The van der Waals surface area contributed by atoms with Crippen LogP contribution in [-0.4, -0.2) is 67.5 Å². The minimum atomic E-state index is -0.265. The van der Waals surface area contributed by atoms with Crippen molar-refractivity contribution < 1.29 is 18.4 Å². The Morgan fingerprint density at radius 2 is 1.56 bits per heavy atom. The van der Waals surface area contributed by atoms with E-state index in [1.54, 1.807) is 0 Å². The number of nitrogens with zero attached hydrogens (tertiary/aromatic N) is 6. The summed E-state index contributed by atoms with van der Waals surface area (Å²) < 4.78 is 12.0. The lowest BCUT2D eigenvalue weighted by molar-refractivity contribution is 0.0705. The lowest BCUT2D eigenvalue weighted by atomic mass is 9.76. The first kappa shape index (κ1) is 34.3. The first-order valence-corrected chi connectivity index (χ1v) is 18.0. The Kier molecular flexibility index (Phi) is 12.0. The van der Waals surface area contributed by atoms with Crippen molar-refractivity contribution in [3.8, 4) is 0 Å². The van der Waals surface area contributed by atoms with Crippen LogP contribution in [0.3, 0.4) is 0 Å². The van der Waals surface area contributed by atoms with E-state index in [0.29, 0.717) is 18.8 Å². The van der Waals surface area contributed by atoms with E-state index >= 15 is 0 Å². The van der Waals surface area contributed by atoms with Gasteiger partial charge in [0.25, 0.3) is 11.8 Å². The maximum Gasteiger partial charge on any atom is 0.263 e. The number of carbonyl (C=O) groups excluding carboxylic acids is 2. The molecule has 2 aliphatic rings. The molecule has 11 heteroatoms. The van der Waals surface area contributed by atoms with Crippen LogP contribution >= 0.6 is 15.9 Å². The Labute approximate surface area is 290 Å². The van der Waals surface area contributed by atoms with Gasteiger partial charge in [0.1, 0.15) is 12.5 Å². The van der Waals surface area contributed by atoms with Crippen LogP contribution in [0.4, 0.5) is 0 Å². The van der Waals surface area contributed by atoms with Gasteiger partial charge in [0.2, 0.25) is 11.6 Å². The smallest absolute Gasteiger partial charge is 0.263 e. The third kappa shape index (κ3) is 9.33. The molecule has 0 saturated carbocycles. The second-order valence-corrected chi connectivity index (χ2v) is 14.4. The molecule has 6 heterocycles. The number of rotatable bonds is 15. The molecule has 4 aromatic heterocycles. The summed E-state index contributed by atoms with van der Waals surface area (Å²) in [5.41, 5.74) is 3.30. The van der Waals surface area contributed by atoms with E-state index in [4.69, 9.17) is 8.83 Å². The summed E-state index contributed by atoms with van der Waals surface area (Å²) in [7, 11) is 0. The maximum atomic E-state index is 13.8. The van der Waals surface area contributed by atoms with Crippen molar-refractivity contribution in [2.75, 3.05) is 26.2 Å². The van der Waals surface area contributed by atoms with E-state index in [1.807, 2.05) is 25.4 Å². The Balaban J connectivity index is 1.07. The van der Waals surface area contributed by atoms with Crippen molar-refractivity contribution in [1.29, 1.82) is 0 Å². The van der Waals surface area contributed by atoms with Crippen LogP contribution in [-0.2, 0) is 13.1 Å². The zero-order chi connectivity index (χ0) is 33.3. The van der Waals surface area contributed by atoms with E-state index in [1.165, 1.54) is 30.5 Å². The largest absolute Gasteiger partial charge is 0.442 e. The average molecular weight is 718 g/mol. The maximum absolute atomic E-state index is 13.8. The number of halogens is 1. The molecule has 0 N–H and O–H groups in total. The van der Waals surface area contributed by atoms with Crippen molar-refractivity contribution >= 4 is 27.5 Å². The number of ketones is 2. The highest BCUT2D eigenvalue weighted by Crippen LogP contribution is 2.35. The fourth-order valence-electron chi connectivity index (χ4n) is 7.49. The van der Waals surface area contributed by atoms with Crippen molar-refractivity contribution in [2.24, 2.45) is 23.7 Å². The Morgan fingerprint density at radius 3 is 2.23 bits per heavy atom. The van der Waals surface area contributed by atoms with Crippen molar-refractivity contribution in [3.05, 3.63) is 94.8 Å². The standard InChI is InChI=1S/C37H45BrN6O4/c1-26-3-2-4-32(42-26)25-44-17-11-29(12-18-44)33(35(46)37-41-14-20-48-37)8-7-30(34(45)36-40-13-19-47-36)6-5-27-9-15-43(16-10-27)24-28-21-31(38)23-39-22-28/h2-4,13-14,19-23,27,29-30,33H,5-12,15-18,24-25H2,1H3. The zero-order valence-electron chi connectivity index (χ0n) is 27.7. The molecular formula is C37H45BrN6O4. The Morgan fingerprint density at radius 1 is 0.875 bits per heavy atom. The van der Waals surface area contributed by atoms with Gasteiger partial charge in [0.15, 0.2) is 0 Å². The highest BCUT2D eigenvalue weighted by atomic mass is 79.9. The summed E-state index contributed by atoms with van der Waals surface area (Å²) in [5, 5.41) is 0. The quantitative estimate of drug-likeness (QED) is 0.117. The molecule has 0 aliphatic carbocycles. The summed E-state index contributed by atoms with van der Waals surface area (Å²) in [5.74, 6) is 0.405. The number of pyridine rings is 2. The number of Topliss-reactive ketones (excluding diaryl/α,β-unsaturated/α-hetero) is 2. The van der Waals surface area contributed by atoms with Gasteiger partial charge in [-0.3, -0.25) is 29.4 Å². The molecular weight excluding hydrogens is 672 g/mol. The third-order valence-corrected chi connectivity index (χ3v) is 10.6. The van der Waals surface area contributed by atoms with Gasteiger partial charge in [-0.15, -0.1) is 0 Å². The summed E-state index contributed by atoms with van der Waals surface area (Å²) in [6, 6.07) is 8.27. The fraction of sp³-hybridized carbons (Fsp3) is 0.514. The molecule has 2 aliphatic heterocycles. The number of likely N-dealkylation sites (tertiary alicyclic amines) is 2. The van der Waals surface area contributed by atoms with Gasteiger partial charge in [0, 0.05) is 47.5 Å². The summed E-state index contributed by atoms with van der Waals surface area (Å²) in [4.78, 5) is 49.8. The van der Waals surface area contributed by atoms with E-state index < -0.39 is 0 Å². The normalized spacial score (nSPS) is 18.1. The van der Waals surface area contributed by atoms with Gasteiger partial charge in [-0.25, -0.2) is 9.97 Å². The molecule has 2 atom stereocenters. The van der Waals surface area contributed by atoms with E-state index in [-0.39, 0.29) is 41.1 Å². The van der Waals surface area contributed by atoms with Crippen LogP contribution in [0.15, 0.2) is 74.9 Å². The molecule has 4 aromatic rings. The van der Waals surface area contributed by atoms with Crippen molar-refractivity contribution in [1.82, 2.24) is 29.7 Å². The predicted molar refractivity (Wildman–Crippen MR) is 184 cm³/mol. The van der Waals surface area contributed by atoms with E-state index in [0.717, 1.165) is 93.7 Å².